The van der Waals surface area contributed by atoms with Crippen molar-refractivity contribution < 1.29 is 18.5 Å². The number of nitrogens with one attached hydrogen (secondary N) is 1. The molecule has 1 N–H and O–H groups in total. The predicted molar refractivity (Wildman–Crippen MR) is 111 cm³/mol. The number of methoxy groups -OCH3 is 2. The minimum absolute atomic E-state index is 0.152. The molecule has 0 saturated carbocycles. The molecule has 0 aliphatic heterocycles. The van der Waals surface area contributed by atoms with Gasteiger partial charge in [0.2, 0.25) is 0 Å². The molecule has 0 fully saturated rings. The first-order valence-corrected chi connectivity index (χ1v) is 10.1. The highest BCUT2D eigenvalue weighted by atomic mass is 32.2. The number of carbonyl (C=O) groups is 1. The van der Waals surface area contributed by atoms with Crippen LogP contribution in [0, 0.1) is 6.92 Å². The molecule has 1 unspecified atom stereocenters. The van der Waals surface area contributed by atoms with E-state index >= 15 is 0 Å². The van der Waals surface area contributed by atoms with Crippen LogP contribution in [0.25, 0.3) is 0 Å². The minimum Gasteiger partial charge on any atom is -0.497 e. The first kappa shape index (κ1) is 20.5. The number of anilines is 1. The molecule has 0 spiro atoms. The average Bonchev–Trinajstić information content (AvgIpc) is 2.74. The first-order chi connectivity index (χ1) is 14.0. The zero-order valence-corrected chi connectivity index (χ0v) is 17.2. The summed E-state index contributed by atoms with van der Waals surface area (Å²) in [6.07, 6.45) is 3.13. The minimum atomic E-state index is -1.55. The Bertz CT molecular complexity index is 1060. The summed E-state index contributed by atoms with van der Waals surface area (Å²) in [5.74, 6) is 0.973. The molecular weight excluding hydrogens is 390 g/mol. The van der Waals surface area contributed by atoms with Crippen LogP contribution in [0.15, 0.2) is 59.9 Å². The van der Waals surface area contributed by atoms with Crippen LogP contribution in [0.5, 0.6) is 11.5 Å². The molecule has 2 aromatic heterocycles. The summed E-state index contributed by atoms with van der Waals surface area (Å²) in [6.45, 7) is 1.84. The molecule has 1 amide bonds. The predicted octanol–water partition coefficient (Wildman–Crippen LogP) is 3.36. The maximum Gasteiger partial charge on any atom is 0.258 e. The Morgan fingerprint density at radius 2 is 1.90 bits per heavy atom. The summed E-state index contributed by atoms with van der Waals surface area (Å²) in [5, 5.41) is 3.02. The molecule has 3 aromatic rings. The van der Waals surface area contributed by atoms with E-state index in [-0.39, 0.29) is 22.2 Å². The van der Waals surface area contributed by atoms with Crippen molar-refractivity contribution in [2.45, 2.75) is 17.7 Å². The Kier molecular flexibility index (Phi) is 6.56. The number of hydrogen-bond donors (Lipinski definition) is 1. The molecule has 2 heterocycles. The Morgan fingerprint density at radius 3 is 2.62 bits per heavy atom. The second kappa shape index (κ2) is 9.29. The monoisotopic (exact) mass is 411 g/mol. The van der Waals surface area contributed by atoms with Gasteiger partial charge in [-0.15, -0.1) is 0 Å². The number of ether oxygens (including phenoxy) is 2. The molecular formula is C21H21N3O4S. The van der Waals surface area contributed by atoms with E-state index < -0.39 is 10.8 Å². The molecule has 3 rings (SSSR count). The number of carbonyl (C=O) groups excluding carboxylic acids is 1. The summed E-state index contributed by atoms with van der Waals surface area (Å²) in [4.78, 5) is 21.1. The Morgan fingerprint density at radius 1 is 1.07 bits per heavy atom. The lowest BCUT2D eigenvalue weighted by atomic mass is 10.2. The molecule has 150 valence electrons. The van der Waals surface area contributed by atoms with Crippen molar-refractivity contribution in [3.8, 4) is 11.5 Å². The standard InChI is InChI=1S/C21H21N3O4S/c1-14-11-16(8-10-22-14)24-20(25)18-5-4-9-23-21(18)29(26)13-15-6-7-17(27-2)12-19(15)28-3/h4-12H,13H2,1-3H3,(H,22,24,25). The van der Waals surface area contributed by atoms with Crippen LogP contribution in [0.2, 0.25) is 0 Å². The second-order valence-electron chi connectivity index (χ2n) is 6.16. The van der Waals surface area contributed by atoms with Gasteiger partial charge in [0, 0.05) is 35.4 Å². The van der Waals surface area contributed by atoms with Crippen molar-refractivity contribution >= 4 is 22.4 Å². The van der Waals surface area contributed by atoms with E-state index in [9.17, 15) is 9.00 Å². The van der Waals surface area contributed by atoms with Crippen LogP contribution in [0.3, 0.4) is 0 Å². The molecule has 0 aliphatic carbocycles. The van der Waals surface area contributed by atoms with Crippen LogP contribution < -0.4 is 14.8 Å². The summed E-state index contributed by atoms with van der Waals surface area (Å²) >= 11 is 0. The number of aromatic nitrogens is 2. The summed E-state index contributed by atoms with van der Waals surface area (Å²) in [7, 11) is 1.55. The fraction of sp³-hybridized carbons (Fsp3) is 0.190. The van der Waals surface area contributed by atoms with Gasteiger partial charge in [-0.25, -0.2) is 4.98 Å². The van der Waals surface area contributed by atoms with E-state index in [0.29, 0.717) is 17.2 Å². The van der Waals surface area contributed by atoms with Gasteiger partial charge in [-0.3, -0.25) is 14.0 Å². The smallest absolute Gasteiger partial charge is 0.258 e. The Hall–Kier alpha value is -3.26. The number of rotatable bonds is 7. The van der Waals surface area contributed by atoms with E-state index in [0.717, 1.165) is 11.3 Å². The topological polar surface area (TPSA) is 90.4 Å². The van der Waals surface area contributed by atoms with Crippen molar-refractivity contribution in [2.75, 3.05) is 19.5 Å². The molecule has 0 aliphatic rings. The highest BCUT2D eigenvalue weighted by Crippen LogP contribution is 2.27. The molecule has 0 bridgehead atoms. The first-order valence-electron chi connectivity index (χ1n) is 8.80. The zero-order chi connectivity index (χ0) is 20.8. The maximum absolute atomic E-state index is 13.0. The highest BCUT2D eigenvalue weighted by molar-refractivity contribution is 7.84. The number of nitrogens with zero attached hydrogens (tertiary/aromatic N) is 2. The van der Waals surface area contributed by atoms with Crippen molar-refractivity contribution in [3.63, 3.8) is 0 Å². The van der Waals surface area contributed by atoms with E-state index in [2.05, 4.69) is 15.3 Å². The summed E-state index contributed by atoms with van der Waals surface area (Å²) < 4.78 is 23.6. The van der Waals surface area contributed by atoms with Gasteiger partial charge in [-0.05, 0) is 37.3 Å². The Labute approximate surface area is 171 Å². The molecule has 0 radical (unpaired) electrons. The molecule has 7 nitrogen and oxygen atoms in total. The number of benzene rings is 1. The third-order valence-corrected chi connectivity index (χ3v) is 5.50. The van der Waals surface area contributed by atoms with Gasteiger partial charge in [0.25, 0.3) is 5.91 Å². The average molecular weight is 411 g/mol. The van der Waals surface area contributed by atoms with Gasteiger partial charge in [-0.2, -0.15) is 0 Å². The third-order valence-electron chi connectivity index (χ3n) is 4.17. The lowest BCUT2D eigenvalue weighted by molar-refractivity contribution is 0.102. The van der Waals surface area contributed by atoms with Crippen LogP contribution >= 0.6 is 0 Å². The van der Waals surface area contributed by atoms with E-state index in [4.69, 9.17) is 9.47 Å². The number of aryl methyl sites for hydroxylation is 1. The third kappa shape index (κ3) is 4.97. The molecule has 0 saturated heterocycles. The van der Waals surface area contributed by atoms with Crippen molar-refractivity contribution in [2.24, 2.45) is 0 Å². The van der Waals surface area contributed by atoms with Crippen LogP contribution in [0.1, 0.15) is 21.6 Å². The fourth-order valence-corrected chi connectivity index (χ4v) is 3.99. The quantitative estimate of drug-likeness (QED) is 0.641. The van der Waals surface area contributed by atoms with Gasteiger partial charge in [-0.1, -0.05) is 6.07 Å². The molecule has 1 aromatic carbocycles. The molecule has 1 atom stereocenters. The fourth-order valence-electron chi connectivity index (χ4n) is 2.75. The lowest BCUT2D eigenvalue weighted by Gasteiger charge is -2.12. The number of amides is 1. The van der Waals surface area contributed by atoms with Crippen molar-refractivity contribution in [3.05, 3.63) is 71.7 Å². The Balaban J connectivity index is 1.84. The van der Waals surface area contributed by atoms with Gasteiger partial charge in [0.15, 0.2) is 0 Å². The van der Waals surface area contributed by atoms with E-state index in [1.165, 1.54) is 13.3 Å². The molecule has 29 heavy (non-hydrogen) atoms. The number of pyridine rings is 2. The maximum atomic E-state index is 13.0. The van der Waals surface area contributed by atoms with E-state index in [1.807, 2.05) is 6.92 Å². The largest absolute Gasteiger partial charge is 0.497 e. The summed E-state index contributed by atoms with van der Waals surface area (Å²) in [6, 6.07) is 12.0. The zero-order valence-electron chi connectivity index (χ0n) is 16.3. The van der Waals surface area contributed by atoms with Gasteiger partial charge < -0.3 is 14.8 Å². The van der Waals surface area contributed by atoms with Crippen LogP contribution in [0.4, 0.5) is 5.69 Å². The van der Waals surface area contributed by atoms with Crippen LogP contribution in [-0.2, 0) is 16.6 Å². The normalized spacial score (nSPS) is 11.6. The van der Waals surface area contributed by atoms with Crippen molar-refractivity contribution in [1.82, 2.24) is 9.97 Å². The highest BCUT2D eigenvalue weighted by Gasteiger charge is 2.19. The van der Waals surface area contributed by atoms with Crippen molar-refractivity contribution in [1.29, 1.82) is 0 Å². The number of hydrogen-bond acceptors (Lipinski definition) is 6. The lowest BCUT2D eigenvalue weighted by Crippen LogP contribution is -2.16. The van der Waals surface area contributed by atoms with E-state index in [1.54, 1.807) is 55.8 Å². The molecule has 8 heteroatoms. The van der Waals surface area contributed by atoms with Gasteiger partial charge in [0.1, 0.15) is 16.5 Å². The van der Waals surface area contributed by atoms with Crippen LogP contribution in [-0.4, -0.2) is 34.3 Å². The second-order valence-corrected chi connectivity index (χ2v) is 7.53. The SMILES string of the molecule is COc1ccc(CS(=O)c2ncccc2C(=O)Nc2ccnc(C)c2)c(OC)c1. The summed E-state index contributed by atoms with van der Waals surface area (Å²) in [5.41, 5.74) is 2.38. The van der Waals surface area contributed by atoms with Gasteiger partial charge >= 0.3 is 0 Å². The van der Waals surface area contributed by atoms with Gasteiger partial charge in [0.05, 0.1) is 36.3 Å².